The van der Waals surface area contributed by atoms with Gasteiger partial charge in [0.2, 0.25) is 0 Å². The van der Waals surface area contributed by atoms with Crippen LogP contribution in [-0.4, -0.2) is 17.3 Å². The number of ketones is 3. The van der Waals surface area contributed by atoms with Crippen molar-refractivity contribution in [3.63, 3.8) is 0 Å². The number of rotatable bonds is 16. The van der Waals surface area contributed by atoms with Gasteiger partial charge in [-0.2, -0.15) is 0 Å². The van der Waals surface area contributed by atoms with Crippen molar-refractivity contribution in [3.05, 3.63) is 49.1 Å². The van der Waals surface area contributed by atoms with Crippen molar-refractivity contribution in [2.45, 2.75) is 118 Å². The zero-order chi connectivity index (χ0) is 29.6. The molecular formula is C37H56O3. The van der Waals surface area contributed by atoms with Crippen molar-refractivity contribution >= 4 is 17.3 Å². The Morgan fingerprint density at radius 3 is 2.30 bits per heavy atom. The van der Waals surface area contributed by atoms with Gasteiger partial charge in [-0.1, -0.05) is 90.3 Å². The molecule has 0 bridgehead atoms. The Kier molecular flexibility index (Phi) is 11.6. The average Bonchev–Trinajstić information content (AvgIpc) is 3.69. The standard InChI is InChI=1S/C37H56O3/c1-9-11-16-24(3)35(39)28(15-10-2)19-25(4)34-26(5)31-20-29(31)21-33(34)36(40)32(27-17-13-12-14-18-27)22-30(38)23-37(6,7)8/h9,27-29,31-34H,1,3-5,10-23H2,2,6-8H3. The molecule has 0 saturated heterocycles. The highest BCUT2D eigenvalue weighted by molar-refractivity contribution is 5.96. The summed E-state index contributed by atoms with van der Waals surface area (Å²) in [6.45, 7) is 25.4. The lowest BCUT2D eigenvalue weighted by atomic mass is 9.64. The summed E-state index contributed by atoms with van der Waals surface area (Å²) in [7, 11) is 0. The minimum absolute atomic E-state index is 0.0784. The predicted molar refractivity (Wildman–Crippen MR) is 167 cm³/mol. The van der Waals surface area contributed by atoms with Gasteiger partial charge in [-0.25, -0.2) is 0 Å². The van der Waals surface area contributed by atoms with E-state index in [1.54, 1.807) is 0 Å². The van der Waals surface area contributed by atoms with Crippen LogP contribution in [0.25, 0.3) is 0 Å². The highest BCUT2D eigenvalue weighted by atomic mass is 16.1. The molecule has 0 N–H and O–H groups in total. The first kappa shape index (κ1) is 32.5. The third kappa shape index (κ3) is 8.49. The number of hydrogen-bond acceptors (Lipinski definition) is 3. The number of carbonyl (C=O) groups is 3. The first-order chi connectivity index (χ1) is 18.9. The molecule has 3 aliphatic carbocycles. The summed E-state index contributed by atoms with van der Waals surface area (Å²) in [5.41, 5.74) is 2.72. The normalized spacial score (nSPS) is 26.4. The third-order valence-corrected chi connectivity index (χ3v) is 9.84. The minimum atomic E-state index is -0.203. The van der Waals surface area contributed by atoms with E-state index in [1.807, 2.05) is 6.08 Å². The van der Waals surface area contributed by atoms with Gasteiger partial charge in [-0.15, -0.1) is 6.58 Å². The summed E-state index contributed by atoms with van der Waals surface area (Å²) in [5, 5.41) is 0. The van der Waals surface area contributed by atoms with Crippen LogP contribution in [0.5, 0.6) is 0 Å². The molecule has 0 aromatic rings. The number of fused-ring (bicyclic) bond motifs is 1. The Labute approximate surface area is 245 Å². The molecule has 0 heterocycles. The second-order valence-corrected chi connectivity index (χ2v) is 14.5. The third-order valence-electron chi connectivity index (χ3n) is 9.84. The average molecular weight is 549 g/mol. The molecular weight excluding hydrogens is 492 g/mol. The van der Waals surface area contributed by atoms with Crippen LogP contribution in [-0.2, 0) is 14.4 Å². The van der Waals surface area contributed by atoms with E-state index in [1.165, 1.54) is 6.42 Å². The SMILES string of the molecule is C=CCCC(=C)C(=O)C(CCC)CC(=C)C1C(=C)C2CC2CC1C(=O)C(CC(=O)CC(C)(C)C)C1CCCCC1. The second kappa shape index (κ2) is 14.2. The van der Waals surface area contributed by atoms with E-state index in [-0.39, 0.29) is 46.4 Å². The van der Waals surface area contributed by atoms with Crippen LogP contribution in [0.4, 0.5) is 0 Å². The highest BCUT2D eigenvalue weighted by Gasteiger charge is 2.53. The number of carbonyl (C=O) groups excluding carboxylic acids is 3. The Bertz CT molecular complexity index is 985. The zero-order valence-corrected chi connectivity index (χ0v) is 26.1. The summed E-state index contributed by atoms with van der Waals surface area (Å²) in [6, 6.07) is 0. The number of Topliss-reactive ketones (excluding diaryl/α,β-unsaturated/α-hetero) is 3. The molecule has 0 radical (unpaired) electrons. The summed E-state index contributed by atoms with van der Waals surface area (Å²) in [5.74, 6) is 1.33. The molecule has 3 nitrogen and oxygen atoms in total. The summed E-state index contributed by atoms with van der Waals surface area (Å²) >= 11 is 0. The molecule has 0 amide bonds. The Hall–Kier alpha value is -2.03. The van der Waals surface area contributed by atoms with Crippen LogP contribution in [0.2, 0.25) is 0 Å². The maximum absolute atomic E-state index is 14.6. The monoisotopic (exact) mass is 548 g/mol. The van der Waals surface area contributed by atoms with Crippen molar-refractivity contribution in [1.29, 1.82) is 0 Å². The van der Waals surface area contributed by atoms with E-state index >= 15 is 0 Å². The Morgan fingerprint density at radius 1 is 1.02 bits per heavy atom. The smallest absolute Gasteiger partial charge is 0.161 e. The Morgan fingerprint density at radius 2 is 1.70 bits per heavy atom. The molecule has 0 aromatic carbocycles. The van der Waals surface area contributed by atoms with Crippen molar-refractivity contribution < 1.29 is 14.4 Å². The van der Waals surface area contributed by atoms with E-state index in [0.717, 1.165) is 68.9 Å². The Balaban J connectivity index is 1.84. The first-order valence-electron chi connectivity index (χ1n) is 16.1. The van der Waals surface area contributed by atoms with Gasteiger partial charge in [0, 0.05) is 36.5 Å². The van der Waals surface area contributed by atoms with Crippen molar-refractivity contribution in [3.8, 4) is 0 Å². The molecule has 40 heavy (non-hydrogen) atoms. The first-order valence-corrected chi connectivity index (χ1v) is 16.1. The van der Waals surface area contributed by atoms with Gasteiger partial charge in [0.1, 0.15) is 11.6 Å². The van der Waals surface area contributed by atoms with E-state index in [2.05, 4.69) is 54.0 Å². The molecule has 6 atom stereocenters. The van der Waals surface area contributed by atoms with E-state index < -0.39 is 0 Å². The van der Waals surface area contributed by atoms with Gasteiger partial charge in [0.15, 0.2) is 5.78 Å². The summed E-state index contributed by atoms with van der Waals surface area (Å²) < 4.78 is 0. The van der Waals surface area contributed by atoms with Gasteiger partial charge in [0.05, 0.1) is 0 Å². The van der Waals surface area contributed by atoms with Crippen LogP contribution in [0.1, 0.15) is 118 Å². The van der Waals surface area contributed by atoms with Crippen molar-refractivity contribution in [1.82, 2.24) is 0 Å². The van der Waals surface area contributed by atoms with Gasteiger partial charge in [-0.3, -0.25) is 14.4 Å². The summed E-state index contributed by atoms with van der Waals surface area (Å²) in [6.07, 6.45) is 14.0. The van der Waals surface area contributed by atoms with Crippen LogP contribution < -0.4 is 0 Å². The van der Waals surface area contributed by atoms with E-state index in [9.17, 15) is 14.4 Å². The van der Waals surface area contributed by atoms with Crippen molar-refractivity contribution in [2.24, 2.45) is 46.8 Å². The van der Waals surface area contributed by atoms with E-state index in [0.29, 0.717) is 49.0 Å². The van der Waals surface area contributed by atoms with Gasteiger partial charge in [0.25, 0.3) is 0 Å². The zero-order valence-electron chi connectivity index (χ0n) is 26.1. The maximum atomic E-state index is 14.6. The fourth-order valence-corrected chi connectivity index (χ4v) is 7.77. The number of allylic oxidation sites excluding steroid dienone is 4. The molecule has 3 saturated carbocycles. The van der Waals surface area contributed by atoms with Gasteiger partial charge in [-0.05, 0) is 80.1 Å². The molecule has 3 rings (SSSR count). The largest absolute Gasteiger partial charge is 0.300 e. The topological polar surface area (TPSA) is 51.2 Å². The van der Waals surface area contributed by atoms with Crippen LogP contribution in [0, 0.1) is 46.8 Å². The van der Waals surface area contributed by atoms with Gasteiger partial charge >= 0.3 is 0 Å². The van der Waals surface area contributed by atoms with Crippen molar-refractivity contribution in [2.75, 3.05) is 0 Å². The molecule has 3 fully saturated rings. The quantitative estimate of drug-likeness (QED) is 0.143. The molecule has 0 spiro atoms. The molecule has 6 unspecified atom stereocenters. The van der Waals surface area contributed by atoms with E-state index in [4.69, 9.17) is 0 Å². The molecule has 0 aliphatic heterocycles. The molecule has 0 aromatic heterocycles. The molecule has 3 aliphatic rings. The molecule has 222 valence electrons. The lowest BCUT2D eigenvalue weighted by Crippen LogP contribution is -2.39. The van der Waals surface area contributed by atoms with Gasteiger partial charge < -0.3 is 0 Å². The number of hydrogen-bond donors (Lipinski definition) is 0. The van der Waals surface area contributed by atoms with Crippen LogP contribution in [0.3, 0.4) is 0 Å². The lowest BCUT2D eigenvalue weighted by molar-refractivity contribution is -0.135. The maximum Gasteiger partial charge on any atom is 0.161 e. The second-order valence-electron chi connectivity index (χ2n) is 14.5. The predicted octanol–water partition coefficient (Wildman–Crippen LogP) is 9.43. The molecule has 3 heteroatoms. The summed E-state index contributed by atoms with van der Waals surface area (Å²) in [4.78, 5) is 41.2. The highest BCUT2D eigenvalue weighted by Crippen LogP contribution is 2.59. The lowest BCUT2D eigenvalue weighted by Gasteiger charge is -2.39. The fourth-order valence-electron chi connectivity index (χ4n) is 7.77. The van der Waals surface area contributed by atoms with Crippen LogP contribution >= 0.6 is 0 Å². The van der Waals surface area contributed by atoms with Crippen LogP contribution in [0.15, 0.2) is 49.1 Å². The minimum Gasteiger partial charge on any atom is -0.300 e. The fraction of sp³-hybridized carbons (Fsp3) is 0.703.